The number of nitrogens with one attached hydrogen (secondary N) is 3. The average Bonchev–Trinajstić information content (AvgIpc) is 3.23. The lowest BCUT2D eigenvalue weighted by molar-refractivity contribution is 0.112. The summed E-state index contributed by atoms with van der Waals surface area (Å²) < 4.78 is 0. The van der Waals surface area contributed by atoms with Gasteiger partial charge in [-0.05, 0) is 25.0 Å². The Morgan fingerprint density at radius 2 is 2.07 bits per heavy atom. The van der Waals surface area contributed by atoms with Gasteiger partial charge in [0.2, 0.25) is 5.95 Å². The van der Waals surface area contributed by atoms with Crippen LogP contribution >= 0.6 is 0 Å². The van der Waals surface area contributed by atoms with Gasteiger partial charge in [0.1, 0.15) is 17.8 Å². The lowest BCUT2D eigenvalue weighted by atomic mass is 10.2. The second-order valence-corrected chi connectivity index (χ2v) is 6.95. The van der Waals surface area contributed by atoms with Crippen molar-refractivity contribution in [1.82, 2.24) is 25.6 Å². The summed E-state index contributed by atoms with van der Waals surface area (Å²) in [6.45, 7) is 2.53. The van der Waals surface area contributed by atoms with Crippen LogP contribution in [0.15, 0.2) is 30.6 Å². The summed E-state index contributed by atoms with van der Waals surface area (Å²) in [7, 11) is 0. The number of hydrogen-bond acceptors (Lipinski definition) is 8. The Kier molecular flexibility index (Phi) is 5.55. The third-order valence-electron chi connectivity index (χ3n) is 5.07. The maximum atomic E-state index is 11.5. The first-order valence-electron chi connectivity index (χ1n) is 9.58. The minimum absolute atomic E-state index is 0.0185. The molecule has 1 unspecified atom stereocenters. The Labute approximate surface area is 158 Å². The molecular weight excluding hydrogens is 342 g/mol. The van der Waals surface area contributed by atoms with Crippen molar-refractivity contribution in [3.05, 3.63) is 36.2 Å². The third kappa shape index (κ3) is 4.06. The Bertz CT molecular complexity index is 758. The highest BCUT2D eigenvalue weighted by molar-refractivity contribution is 5.82. The van der Waals surface area contributed by atoms with Crippen molar-refractivity contribution in [3.63, 3.8) is 0 Å². The first-order chi connectivity index (χ1) is 13.3. The van der Waals surface area contributed by atoms with Crippen molar-refractivity contribution < 1.29 is 4.79 Å². The molecule has 3 heterocycles. The maximum Gasteiger partial charge on any atom is 0.234 e. The highest BCUT2D eigenvalue weighted by atomic mass is 16.1. The summed E-state index contributed by atoms with van der Waals surface area (Å²) in [4.78, 5) is 27.2. The van der Waals surface area contributed by atoms with Crippen molar-refractivity contribution in [2.24, 2.45) is 0 Å². The quantitative estimate of drug-likeness (QED) is 0.664. The number of aldehydes is 1. The minimum atomic E-state index is -0.0185. The molecule has 0 amide bonds. The molecule has 0 radical (unpaired) electrons. The van der Waals surface area contributed by atoms with Crippen LogP contribution in [0.3, 0.4) is 0 Å². The molecular formula is C19H25N7O. The van der Waals surface area contributed by atoms with Gasteiger partial charge in [-0.1, -0.05) is 18.9 Å². The summed E-state index contributed by atoms with van der Waals surface area (Å²) in [6.07, 6.45) is 8.79. The van der Waals surface area contributed by atoms with Gasteiger partial charge in [0.05, 0.1) is 5.56 Å². The number of hydrogen-bond donors (Lipinski definition) is 3. The predicted octanol–water partition coefficient (Wildman–Crippen LogP) is 1.70. The Morgan fingerprint density at radius 3 is 2.78 bits per heavy atom. The molecule has 1 aliphatic carbocycles. The van der Waals surface area contributed by atoms with Crippen LogP contribution in [0.25, 0.3) is 0 Å². The molecule has 2 fully saturated rings. The number of carbonyl (C=O) groups is 1. The van der Waals surface area contributed by atoms with Gasteiger partial charge in [0.25, 0.3) is 0 Å². The lowest BCUT2D eigenvalue weighted by Gasteiger charge is -2.34. The maximum absolute atomic E-state index is 11.5. The first kappa shape index (κ1) is 17.8. The second-order valence-electron chi connectivity index (χ2n) is 6.95. The van der Waals surface area contributed by atoms with Crippen LogP contribution in [-0.2, 0) is 0 Å². The van der Waals surface area contributed by atoms with E-state index in [0.717, 1.165) is 44.6 Å². The molecule has 1 saturated heterocycles. The van der Waals surface area contributed by atoms with Gasteiger partial charge in [-0.25, -0.2) is 9.97 Å². The Balaban J connectivity index is 1.69. The van der Waals surface area contributed by atoms with Crippen LogP contribution in [0.1, 0.15) is 36.0 Å². The van der Waals surface area contributed by atoms with E-state index in [0.29, 0.717) is 23.4 Å². The van der Waals surface area contributed by atoms with Gasteiger partial charge in [0.15, 0.2) is 6.29 Å². The topological polar surface area (TPSA) is 95.1 Å². The van der Waals surface area contributed by atoms with Crippen LogP contribution in [-0.4, -0.2) is 53.1 Å². The van der Waals surface area contributed by atoms with Crippen molar-refractivity contribution in [2.75, 3.05) is 29.9 Å². The fraction of sp³-hybridized carbons (Fsp3) is 0.474. The summed E-state index contributed by atoms with van der Waals surface area (Å²) in [5.74, 6) is 1.90. The molecule has 2 aromatic heterocycles. The van der Waals surface area contributed by atoms with Crippen molar-refractivity contribution in [3.8, 4) is 0 Å². The van der Waals surface area contributed by atoms with E-state index in [4.69, 9.17) is 4.98 Å². The molecule has 142 valence electrons. The fourth-order valence-corrected chi connectivity index (χ4v) is 3.68. The molecule has 8 nitrogen and oxygen atoms in total. The summed E-state index contributed by atoms with van der Waals surface area (Å²) in [6, 6.07) is 6.14. The number of carbonyl (C=O) groups excluding carboxylic acids is 1. The van der Waals surface area contributed by atoms with E-state index in [1.165, 1.54) is 12.8 Å². The van der Waals surface area contributed by atoms with E-state index in [1.54, 1.807) is 12.4 Å². The molecule has 4 rings (SSSR count). The molecule has 0 spiro atoms. The zero-order chi connectivity index (χ0) is 18.5. The van der Waals surface area contributed by atoms with Gasteiger partial charge in [-0.3, -0.25) is 15.0 Å². The van der Waals surface area contributed by atoms with Crippen molar-refractivity contribution >= 4 is 23.9 Å². The number of piperazine rings is 1. The standard InChI is InChI=1S/C19H25N7O/c27-13-14-11-23-19(25-18(14)24-15-5-1-2-6-15)26(16-7-3-4-8-21-16)17-12-20-9-10-22-17/h3-4,7-8,11,13,15,17,20,22H,1-2,5-6,9-10,12H2,(H,23,24,25). The van der Waals surface area contributed by atoms with Gasteiger partial charge in [-0.2, -0.15) is 4.98 Å². The average molecular weight is 367 g/mol. The molecule has 0 bridgehead atoms. The van der Waals surface area contributed by atoms with E-state index in [2.05, 4.69) is 25.9 Å². The minimum Gasteiger partial charge on any atom is -0.367 e. The predicted molar refractivity (Wildman–Crippen MR) is 104 cm³/mol. The molecule has 8 heteroatoms. The largest absolute Gasteiger partial charge is 0.367 e. The van der Waals surface area contributed by atoms with Crippen LogP contribution in [0, 0.1) is 0 Å². The van der Waals surface area contributed by atoms with E-state index >= 15 is 0 Å². The normalized spacial score (nSPS) is 20.4. The third-order valence-corrected chi connectivity index (χ3v) is 5.07. The monoisotopic (exact) mass is 367 g/mol. The second kappa shape index (κ2) is 8.41. The van der Waals surface area contributed by atoms with E-state index in [1.807, 2.05) is 23.1 Å². The van der Waals surface area contributed by atoms with Crippen LogP contribution in [0.2, 0.25) is 0 Å². The zero-order valence-corrected chi connectivity index (χ0v) is 15.3. The van der Waals surface area contributed by atoms with Crippen LogP contribution in [0.4, 0.5) is 17.6 Å². The van der Waals surface area contributed by atoms with Gasteiger partial charge >= 0.3 is 0 Å². The molecule has 0 aromatic carbocycles. The first-order valence-corrected chi connectivity index (χ1v) is 9.58. The fourth-order valence-electron chi connectivity index (χ4n) is 3.68. The number of pyridine rings is 1. The van der Waals surface area contributed by atoms with Gasteiger partial charge < -0.3 is 10.6 Å². The van der Waals surface area contributed by atoms with E-state index in [9.17, 15) is 4.79 Å². The molecule has 1 atom stereocenters. The SMILES string of the molecule is O=Cc1cnc(N(c2ccccn2)C2CNCCN2)nc1NC1CCCC1. The summed E-state index contributed by atoms with van der Waals surface area (Å²) in [5.41, 5.74) is 0.487. The highest BCUT2D eigenvalue weighted by Gasteiger charge is 2.26. The van der Waals surface area contributed by atoms with E-state index in [-0.39, 0.29) is 6.17 Å². The smallest absolute Gasteiger partial charge is 0.234 e. The molecule has 3 N–H and O–H groups in total. The molecule has 2 aromatic rings. The van der Waals surface area contributed by atoms with E-state index < -0.39 is 0 Å². The van der Waals surface area contributed by atoms with Gasteiger partial charge in [0, 0.05) is 38.1 Å². The Morgan fingerprint density at radius 1 is 1.19 bits per heavy atom. The zero-order valence-electron chi connectivity index (χ0n) is 15.3. The summed E-state index contributed by atoms with van der Waals surface area (Å²) in [5, 5.41) is 10.3. The highest BCUT2D eigenvalue weighted by Crippen LogP contribution is 2.27. The summed E-state index contributed by atoms with van der Waals surface area (Å²) >= 11 is 0. The lowest BCUT2D eigenvalue weighted by Crippen LogP contribution is -2.56. The van der Waals surface area contributed by atoms with Gasteiger partial charge in [-0.15, -0.1) is 0 Å². The Hall–Kier alpha value is -2.58. The van der Waals surface area contributed by atoms with Crippen LogP contribution in [0.5, 0.6) is 0 Å². The van der Waals surface area contributed by atoms with Crippen molar-refractivity contribution in [2.45, 2.75) is 37.9 Å². The number of nitrogens with zero attached hydrogens (tertiary/aromatic N) is 4. The number of aromatic nitrogens is 3. The molecule has 1 aliphatic heterocycles. The van der Waals surface area contributed by atoms with Crippen molar-refractivity contribution in [1.29, 1.82) is 0 Å². The molecule has 1 saturated carbocycles. The molecule has 27 heavy (non-hydrogen) atoms. The number of rotatable bonds is 6. The molecule has 2 aliphatic rings. The number of anilines is 3. The van der Waals surface area contributed by atoms with Crippen LogP contribution < -0.4 is 20.9 Å².